The smallest absolute Gasteiger partial charge is 0.166 e. The number of Topliss-reactive ketones (excluding diaryl/α,β-unsaturated/α-hetero) is 1. The highest BCUT2D eigenvalue weighted by Crippen LogP contribution is 2.23. The van der Waals surface area contributed by atoms with Crippen LogP contribution in [0.1, 0.15) is 54.4 Å². The number of aliphatic hydroxyl groups is 1. The van der Waals surface area contributed by atoms with Crippen LogP contribution in [0.5, 0.6) is 0 Å². The number of hydrogen-bond donors (Lipinski definition) is 1. The van der Waals surface area contributed by atoms with Crippen molar-refractivity contribution in [3.8, 4) is 0 Å². The number of rotatable bonds is 11. The third-order valence-electron chi connectivity index (χ3n) is 3.74. The van der Waals surface area contributed by atoms with Gasteiger partial charge in [0.1, 0.15) is 5.60 Å². The van der Waals surface area contributed by atoms with E-state index in [4.69, 9.17) is 4.74 Å². The largest absolute Gasteiger partial charge is 0.390 e. The maximum absolute atomic E-state index is 12.6. The molecule has 2 atom stereocenters. The van der Waals surface area contributed by atoms with Gasteiger partial charge in [-0.15, -0.1) is 0 Å². The van der Waals surface area contributed by atoms with Crippen molar-refractivity contribution < 1.29 is 14.6 Å². The maximum Gasteiger partial charge on any atom is 0.166 e. The van der Waals surface area contributed by atoms with Gasteiger partial charge >= 0.3 is 0 Å². The predicted octanol–water partition coefficient (Wildman–Crippen LogP) is 3.37. The number of ether oxygens (including phenoxy) is 1. The molecule has 2 unspecified atom stereocenters. The molecule has 0 saturated carbocycles. The van der Waals surface area contributed by atoms with Crippen molar-refractivity contribution in [2.45, 2.75) is 71.6 Å². The molecule has 134 valence electrons. The van der Waals surface area contributed by atoms with E-state index in [1.165, 1.54) is 0 Å². The van der Waals surface area contributed by atoms with E-state index in [1.807, 2.05) is 13.8 Å². The van der Waals surface area contributed by atoms with Crippen molar-refractivity contribution in [1.29, 1.82) is 0 Å². The first kappa shape index (κ1) is 21.7. The van der Waals surface area contributed by atoms with Crippen LogP contribution in [0.3, 0.4) is 0 Å². The first-order valence-corrected chi connectivity index (χ1v) is 8.06. The van der Waals surface area contributed by atoms with E-state index >= 15 is 0 Å². The van der Waals surface area contributed by atoms with Gasteiger partial charge < -0.3 is 9.84 Å². The summed E-state index contributed by atoms with van der Waals surface area (Å²) in [5, 5.41) is 19.1. The van der Waals surface area contributed by atoms with Gasteiger partial charge in [-0.05, 0) is 47.5 Å². The number of carbonyl (C=O) groups excluding carboxylic acids is 1. The van der Waals surface area contributed by atoms with E-state index < -0.39 is 11.2 Å². The quantitative estimate of drug-likeness (QED) is 0.466. The molecule has 0 rings (SSSR count). The van der Waals surface area contributed by atoms with Crippen LogP contribution < -0.4 is 0 Å². The zero-order valence-electron chi connectivity index (χ0n) is 15.7. The first-order chi connectivity index (χ1) is 10.4. The summed E-state index contributed by atoms with van der Waals surface area (Å²) >= 11 is 0. The van der Waals surface area contributed by atoms with Crippen LogP contribution in [0.4, 0.5) is 0 Å². The molecular formula is C17H33N3O3. The van der Waals surface area contributed by atoms with Gasteiger partial charge in [0.25, 0.3) is 0 Å². The highest BCUT2D eigenvalue weighted by Gasteiger charge is 2.33. The fourth-order valence-electron chi connectivity index (χ4n) is 2.36. The molecule has 0 heterocycles. The Kier molecular flexibility index (Phi) is 8.63. The van der Waals surface area contributed by atoms with Crippen molar-refractivity contribution in [2.75, 3.05) is 13.7 Å². The Bertz CT molecular complexity index is 414. The SMILES string of the molecule is C=CN(/N=N\C)C(C)CC(C)C(=O)C(C)(C)OCCC(C)(C)O. The molecule has 0 aliphatic rings. The molecule has 1 N–H and O–H groups in total. The summed E-state index contributed by atoms with van der Waals surface area (Å²) in [5.74, 6) is -0.144. The van der Waals surface area contributed by atoms with Crippen LogP contribution in [0.25, 0.3) is 0 Å². The number of ketones is 1. The summed E-state index contributed by atoms with van der Waals surface area (Å²) in [4.78, 5) is 12.6. The molecule has 0 aromatic carbocycles. The van der Waals surface area contributed by atoms with Gasteiger partial charge in [0.05, 0.1) is 25.3 Å². The van der Waals surface area contributed by atoms with Crippen molar-refractivity contribution >= 4 is 5.78 Å². The lowest BCUT2D eigenvalue weighted by Gasteiger charge is -2.30. The fourth-order valence-corrected chi connectivity index (χ4v) is 2.36. The summed E-state index contributed by atoms with van der Waals surface area (Å²) in [6, 6.07) is 0.0160. The van der Waals surface area contributed by atoms with E-state index in [0.29, 0.717) is 19.4 Å². The Morgan fingerprint density at radius 2 is 1.91 bits per heavy atom. The third-order valence-corrected chi connectivity index (χ3v) is 3.74. The minimum absolute atomic E-state index is 0.0160. The lowest BCUT2D eigenvalue weighted by Crippen LogP contribution is -2.41. The standard InChI is InChI=1S/C17H33N3O3/c1-9-20(19-18-8)14(3)12-13(2)15(21)17(6,7)23-11-10-16(4,5)22/h9,13-14,22H,1,10-12H2,2-8H3/b19-18-. The topological polar surface area (TPSA) is 74.5 Å². The van der Waals surface area contributed by atoms with Crippen molar-refractivity contribution in [3.63, 3.8) is 0 Å². The van der Waals surface area contributed by atoms with Crippen LogP contribution in [-0.4, -0.2) is 46.8 Å². The van der Waals surface area contributed by atoms with Crippen LogP contribution in [0.15, 0.2) is 23.1 Å². The third kappa shape index (κ3) is 8.23. The Morgan fingerprint density at radius 1 is 1.35 bits per heavy atom. The summed E-state index contributed by atoms with van der Waals surface area (Å²) < 4.78 is 5.72. The molecule has 0 aliphatic heterocycles. The summed E-state index contributed by atoms with van der Waals surface area (Å²) in [7, 11) is 1.59. The van der Waals surface area contributed by atoms with Crippen molar-refractivity contribution in [1.82, 2.24) is 5.01 Å². The van der Waals surface area contributed by atoms with Gasteiger partial charge in [0.15, 0.2) is 5.78 Å². The summed E-state index contributed by atoms with van der Waals surface area (Å²) in [6.07, 6.45) is 2.71. The second kappa shape index (κ2) is 9.13. The molecule has 0 fully saturated rings. The Morgan fingerprint density at radius 3 is 2.35 bits per heavy atom. The van der Waals surface area contributed by atoms with Gasteiger partial charge in [-0.25, -0.2) is 0 Å². The highest BCUT2D eigenvalue weighted by molar-refractivity contribution is 5.88. The van der Waals surface area contributed by atoms with E-state index in [0.717, 1.165) is 0 Å². The average Bonchev–Trinajstić information content (AvgIpc) is 2.41. The number of hydrogen-bond acceptors (Lipinski definition) is 5. The lowest BCUT2D eigenvalue weighted by molar-refractivity contribution is -0.146. The normalized spacial score (nSPS) is 15.5. The Hall–Kier alpha value is -1.27. The molecule has 0 saturated heterocycles. The van der Waals surface area contributed by atoms with E-state index in [1.54, 1.807) is 46.0 Å². The van der Waals surface area contributed by atoms with Gasteiger partial charge in [-0.2, -0.15) is 5.11 Å². The van der Waals surface area contributed by atoms with Crippen LogP contribution in [0, 0.1) is 5.92 Å². The van der Waals surface area contributed by atoms with Crippen molar-refractivity contribution in [2.24, 2.45) is 16.3 Å². The maximum atomic E-state index is 12.6. The molecule has 0 radical (unpaired) electrons. The molecule has 23 heavy (non-hydrogen) atoms. The molecule has 0 bridgehead atoms. The van der Waals surface area contributed by atoms with Gasteiger partial charge in [-0.1, -0.05) is 18.7 Å². The average molecular weight is 327 g/mol. The fraction of sp³-hybridized carbons (Fsp3) is 0.824. The minimum Gasteiger partial charge on any atom is -0.390 e. The summed E-state index contributed by atoms with van der Waals surface area (Å²) in [6.45, 7) is 14.9. The molecule has 0 spiro atoms. The zero-order chi connectivity index (χ0) is 18.3. The Labute approximate surface area is 140 Å². The molecule has 0 aliphatic carbocycles. The molecule has 0 aromatic rings. The second-order valence-electron chi connectivity index (χ2n) is 7.12. The van der Waals surface area contributed by atoms with Gasteiger partial charge in [-0.3, -0.25) is 9.80 Å². The van der Waals surface area contributed by atoms with Crippen LogP contribution in [-0.2, 0) is 9.53 Å². The Balaban J connectivity index is 4.64. The molecule has 0 aromatic heterocycles. The second-order valence-corrected chi connectivity index (χ2v) is 7.12. The van der Waals surface area contributed by atoms with Crippen molar-refractivity contribution in [3.05, 3.63) is 12.8 Å². The molecule has 6 heteroatoms. The predicted molar refractivity (Wildman–Crippen MR) is 92.0 cm³/mol. The first-order valence-electron chi connectivity index (χ1n) is 8.06. The lowest BCUT2D eigenvalue weighted by atomic mass is 9.88. The van der Waals surface area contributed by atoms with E-state index in [2.05, 4.69) is 16.9 Å². The molecular weight excluding hydrogens is 294 g/mol. The molecule has 0 amide bonds. The minimum atomic E-state index is -0.879. The highest BCUT2D eigenvalue weighted by atomic mass is 16.5. The van der Waals surface area contributed by atoms with E-state index in [9.17, 15) is 9.90 Å². The van der Waals surface area contributed by atoms with Crippen LogP contribution >= 0.6 is 0 Å². The number of carbonyl (C=O) groups is 1. The van der Waals surface area contributed by atoms with Gasteiger partial charge in [0.2, 0.25) is 0 Å². The van der Waals surface area contributed by atoms with Crippen LogP contribution in [0.2, 0.25) is 0 Å². The monoisotopic (exact) mass is 327 g/mol. The summed E-state index contributed by atoms with van der Waals surface area (Å²) in [5.41, 5.74) is -1.68. The number of nitrogens with zero attached hydrogens (tertiary/aromatic N) is 3. The zero-order valence-corrected chi connectivity index (χ0v) is 15.7. The van der Waals surface area contributed by atoms with E-state index in [-0.39, 0.29) is 17.7 Å². The van der Waals surface area contributed by atoms with Gasteiger partial charge in [0, 0.05) is 12.1 Å². The molecule has 6 nitrogen and oxygen atoms in total.